The van der Waals surface area contributed by atoms with Gasteiger partial charge < -0.3 is 15.5 Å². The molecule has 0 aliphatic carbocycles. The summed E-state index contributed by atoms with van der Waals surface area (Å²) in [5, 5.41) is 4.77. The van der Waals surface area contributed by atoms with Crippen molar-refractivity contribution in [1.29, 1.82) is 0 Å². The van der Waals surface area contributed by atoms with Crippen LogP contribution in [0.4, 0.5) is 23.2 Å². The van der Waals surface area contributed by atoms with Gasteiger partial charge in [-0.1, -0.05) is 0 Å². The van der Waals surface area contributed by atoms with Crippen LogP contribution in [0.3, 0.4) is 0 Å². The first-order valence-electron chi connectivity index (χ1n) is 11.1. The number of carbonyl (C=O) groups excluding carboxylic acids is 2. The average Bonchev–Trinajstić information content (AvgIpc) is 3.19. The molecule has 2 aliphatic rings. The van der Waals surface area contributed by atoms with Gasteiger partial charge >= 0.3 is 6.18 Å². The SMILES string of the molecule is CC(=O)Nc1cc([C@@H](C)NC(=O)C2=CC(c3ccncc3)=CN3C[C@@H](C)N=C23)cc(C(F)(F)F)c1F. The van der Waals surface area contributed by atoms with Crippen molar-refractivity contribution in [3.05, 3.63) is 77.0 Å². The predicted octanol–water partition coefficient (Wildman–Crippen LogP) is 4.46. The number of anilines is 1. The van der Waals surface area contributed by atoms with E-state index >= 15 is 0 Å². The average molecular weight is 501 g/mol. The third-order valence-corrected chi connectivity index (χ3v) is 5.73. The lowest BCUT2D eigenvalue weighted by atomic mass is 9.99. The highest BCUT2D eigenvalue weighted by atomic mass is 19.4. The van der Waals surface area contributed by atoms with E-state index < -0.39 is 41.1 Å². The molecule has 0 saturated heterocycles. The Kier molecular flexibility index (Phi) is 6.66. The molecule has 11 heteroatoms. The Hall–Kier alpha value is -4.02. The van der Waals surface area contributed by atoms with E-state index in [1.165, 1.54) is 6.92 Å². The number of rotatable bonds is 5. The summed E-state index contributed by atoms with van der Waals surface area (Å²) in [6.07, 6.45) is 1.80. The lowest BCUT2D eigenvalue weighted by Crippen LogP contribution is -2.36. The number of hydrogen-bond acceptors (Lipinski definition) is 5. The number of nitrogens with one attached hydrogen (secondary N) is 2. The number of pyridine rings is 1. The molecular formula is C25H23F4N5O2. The van der Waals surface area contributed by atoms with Crippen LogP contribution in [0.2, 0.25) is 0 Å². The van der Waals surface area contributed by atoms with Gasteiger partial charge in [-0.05, 0) is 60.9 Å². The van der Waals surface area contributed by atoms with Crippen LogP contribution in [0, 0.1) is 5.82 Å². The van der Waals surface area contributed by atoms with E-state index in [1.54, 1.807) is 30.6 Å². The third kappa shape index (κ3) is 5.14. The monoisotopic (exact) mass is 501 g/mol. The molecule has 2 amide bonds. The van der Waals surface area contributed by atoms with Crippen LogP contribution in [0.5, 0.6) is 0 Å². The topological polar surface area (TPSA) is 86.7 Å². The number of aliphatic imine (C=N–C) groups is 1. The number of hydrogen-bond donors (Lipinski definition) is 2. The highest BCUT2D eigenvalue weighted by molar-refractivity contribution is 6.24. The van der Waals surface area contributed by atoms with Crippen molar-refractivity contribution in [2.24, 2.45) is 4.99 Å². The molecular weight excluding hydrogens is 478 g/mol. The Morgan fingerprint density at radius 3 is 2.53 bits per heavy atom. The van der Waals surface area contributed by atoms with Crippen molar-refractivity contribution in [3.8, 4) is 0 Å². The molecule has 0 spiro atoms. The van der Waals surface area contributed by atoms with E-state index in [0.717, 1.165) is 24.1 Å². The fraction of sp³-hybridized carbons (Fsp3) is 0.280. The largest absolute Gasteiger partial charge is 0.419 e. The molecule has 1 aromatic heterocycles. The fourth-order valence-electron chi connectivity index (χ4n) is 4.07. The van der Waals surface area contributed by atoms with Gasteiger partial charge in [0.05, 0.1) is 28.9 Å². The highest BCUT2D eigenvalue weighted by Crippen LogP contribution is 2.37. The van der Waals surface area contributed by atoms with Gasteiger partial charge in [0.2, 0.25) is 5.91 Å². The number of fused-ring (bicyclic) bond motifs is 1. The minimum absolute atomic E-state index is 0.0271. The van der Waals surface area contributed by atoms with E-state index in [9.17, 15) is 27.2 Å². The number of carbonyl (C=O) groups is 2. The maximum absolute atomic E-state index is 14.5. The minimum Gasteiger partial charge on any atom is -0.345 e. The predicted molar refractivity (Wildman–Crippen MR) is 126 cm³/mol. The molecule has 0 saturated carbocycles. The van der Waals surface area contributed by atoms with Gasteiger partial charge in [-0.2, -0.15) is 13.2 Å². The van der Waals surface area contributed by atoms with Crippen LogP contribution >= 0.6 is 0 Å². The maximum Gasteiger partial charge on any atom is 0.419 e. The molecule has 188 valence electrons. The Balaban J connectivity index is 1.67. The lowest BCUT2D eigenvalue weighted by Gasteiger charge is -2.25. The van der Waals surface area contributed by atoms with E-state index in [4.69, 9.17) is 0 Å². The molecule has 0 unspecified atom stereocenters. The number of alkyl halides is 3. The molecule has 2 aromatic rings. The van der Waals surface area contributed by atoms with Gasteiger partial charge in [0.1, 0.15) is 5.84 Å². The van der Waals surface area contributed by atoms with Crippen molar-refractivity contribution in [2.75, 3.05) is 11.9 Å². The zero-order valence-corrected chi connectivity index (χ0v) is 19.7. The van der Waals surface area contributed by atoms with E-state index in [-0.39, 0.29) is 17.2 Å². The van der Waals surface area contributed by atoms with Gasteiger partial charge in [0.15, 0.2) is 5.82 Å². The van der Waals surface area contributed by atoms with Gasteiger partial charge in [-0.3, -0.25) is 19.6 Å². The van der Waals surface area contributed by atoms with E-state index in [1.807, 2.05) is 18.0 Å². The first-order valence-corrected chi connectivity index (χ1v) is 11.1. The Labute approximate surface area is 204 Å². The summed E-state index contributed by atoms with van der Waals surface area (Å²) in [7, 11) is 0. The molecule has 2 N–H and O–H groups in total. The summed E-state index contributed by atoms with van der Waals surface area (Å²) in [5.74, 6) is -2.42. The molecule has 4 rings (SSSR count). The van der Waals surface area contributed by atoms with Crippen LogP contribution in [0.25, 0.3) is 5.57 Å². The van der Waals surface area contributed by atoms with Gasteiger partial charge in [0.25, 0.3) is 5.91 Å². The summed E-state index contributed by atoms with van der Waals surface area (Å²) in [6, 6.07) is 4.29. The minimum atomic E-state index is -5.00. The first-order chi connectivity index (χ1) is 16.9. The summed E-state index contributed by atoms with van der Waals surface area (Å²) in [4.78, 5) is 35.1. The molecule has 7 nitrogen and oxygen atoms in total. The Morgan fingerprint density at radius 2 is 1.89 bits per heavy atom. The van der Waals surface area contributed by atoms with Gasteiger partial charge in [-0.15, -0.1) is 0 Å². The zero-order valence-electron chi connectivity index (χ0n) is 19.7. The number of nitrogens with zero attached hydrogens (tertiary/aromatic N) is 3. The lowest BCUT2D eigenvalue weighted by molar-refractivity contribution is -0.140. The second-order valence-electron chi connectivity index (χ2n) is 8.64. The van der Waals surface area contributed by atoms with Crippen molar-refractivity contribution < 1.29 is 27.2 Å². The zero-order chi connectivity index (χ0) is 26.2. The first kappa shape index (κ1) is 25.1. The molecule has 1 aromatic carbocycles. The van der Waals surface area contributed by atoms with Crippen LogP contribution in [0.1, 0.15) is 43.5 Å². The van der Waals surface area contributed by atoms with Crippen molar-refractivity contribution >= 4 is 28.9 Å². The number of allylic oxidation sites excluding steroid dienone is 2. The number of amides is 2. The number of aromatic nitrogens is 1. The summed E-state index contributed by atoms with van der Waals surface area (Å²) < 4.78 is 54.9. The number of amidine groups is 1. The van der Waals surface area contributed by atoms with Crippen molar-refractivity contribution in [1.82, 2.24) is 15.2 Å². The molecule has 2 aliphatic heterocycles. The molecule has 3 heterocycles. The van der Waals surface area contributed by atoms with Gasteiger partial charge in [-0.25, -0.2) is 4.39 Å². The van der Waals surface area contributed by atoms with Crippen LogP contribution < -0.4 is 10.6 Å². The summed E-state index contributed by atoms with van der Waals surface area (Å²) >= 11 is 0. The van der Waals surface area contributed by atoms with E-state index in [2.05, 4.69) is 20.6 Å². The van der Waals surface area contributed by atoms with Crippen molar-refractivity contribution in [3.63, 3.8) is 0 Å². The quantitative estimate of drug-likeness (QED) is 0.593. The Bertz CT molecular complexity index is 1300. The second-order valence-corrected chi connectivity index (χ2v) is 8.64. The maximum atomic E-state index is 14.5. The Morgan fingerprint density at radius 1 is 1.19 bits per heavy atom. The molecule has 0 fully saturated rings. The summed E-state index contributed by atoms with van der Waals surface area (Å²) in [5.41, 5.74) is -0.354. The molecule has 0 radical (unpaired) electrons. The normalized spacial score (nSPS) is 18.0. The number of halogens is 4. The van der Waals surface area contributed by atoms with Crippen LogP contribution in [-0.4, -0.2) is 40.1 Å². The fourth-order valence-corrected chi connectivity index (χ4v) is 4.07. The number of benzene rings is 1. The molecule has 2 atom stereocenters. The standard InChI is InChI=1S/C25H23F4N5O2/c1-13-11-34-12-18(16-4-6-30-7-5-16)8-19(23(34)31-13)24(36)32-14(2)17-9-20(25(27,28)29)22(26)21(10-17)33-15(3)35/h4-10,12-14H,11H2,1-3H3,(H,32,36)(H,33,35)/t13-,14-/m1/s1. The van der Waals surface area contributed by atoms with Crippen molar-refractivity contribution in [2.45, 2.75) is 39.0 Å². The van der Waals surface area contributed by atoms with Gasteiger partial charge in [0, 0.05) is 32.1 Å². The van der Waals surface area contributed by atoms with E-state index in [0.29, 0.717) is 18.4 Å². The smallest absolute Gasteiger partial charge is 0.345 e. The highest BCUT2D eigenvalue weighted by Gasteiger charge is 2.37. The second kappa shape index (κ2) is 9.56. The molecule has 0 bridgehead atoms. The third-order valence-electron chi connectivity index (χ3n) is 5.73. The molecule has 36 heavy (non-hydrogen) atoms. The summed E-state index contributed by atoms with van der Waals surface area (Å²) in [6.45, 7) is 5.01. The van der Waals surface area contributed by atoms with Crippen LogP contribution in [0.15, 0.2) is 59.5 Å². The van der Waals surface area contributed by atoms with Crippen LogP contribution in [-0.2, 0) is 15.8 Å².